The van der Waals surface area contributed by atoms with Gasteiger partial charge in [0, 0.05) is 25.3 Å². The van der Waals surface area contributed by atoms with Gasteiger partial charge in [-0.15, -0.1) is 0 Å². The van der Waals surface area contributed by atoms with E-state index in [1.807, 2.05) is 68.4 Å². The van der Waals surface area contributed by atoms with Crippen LogP contribution >= 0.6 is 0 Å². The Morgan fingerprint density at radius 2 is 1.71 bits per heavy atom. The van der Waals surface area contributed by atoms with Gasteiger partial charge in [0.05, 0.1) is 5.92 Å². The zero-order chi connectivity index (χ0) is 17.5. The minimum atomic E-state index is -0.338. The minimum absolute atomic E-state index is 0.221. The smallest absolute Gasteiger partial charge is 0.269 e. The summed E-state index contributed by atoms with van der Waals surface area (Å²) in [5, 5.41) is 0. The molecule has 0 heterocycles. The predicted molar refractivity (Wildman–Crippen MR) is 95.9 cm³/mol. The fraction of sp³-hybridized carbons (Fsp3) is 0.263. The van der Waals surface area contributed by atoms with Gasteiger partial charge in [-0.2, -0.15) is 0 Å². The van der Waals surface area contributed by atoms with E-state index in [2.05, 4.69) is 10.9 Å². The maximum atomic E-state index is 12.4. The van der Waals surface area contributed by atoms with Crippen LogP contribution in [-0.4, -0.2) is 25.9 Å². The lowest BCUT2D eigenvalue weighted by Crippen LogP contribution is -2.43. The third kappa shape index (κ3) is 4.35. The first kappa shape index (κ1) is 17.5. The normalized spacial score (nSPS) is 11.5. The Hall–Kier alpha value is -2.82. The van der Waals surface area contributed by atoms with Gasteiger partial charge >= 0.3 is 0 Å². The molecule has 5 nitrogen and oxygen atoms in total. The highest BCUT2D eigenvalue weighted by Gasteiger charge is 2.19. The number of carbonyl (C=O) groups is 2. The van der Waals surface area contributed by atoms with Crippen LogP contribution in [-0.2, 0) is 4.79 Å². The third-order valence-electron chi connectivity index (χ3n) is 3.85. The van der Waals surface area contributed by atoms with E-state index in [4.69, 9.17) is 0 Å². The Morgan fingerprint density at radius 3 is 2.33 bits per heavy atom. The number of hydrazine groups is 1. The molecule has 0 radical (unpaired) electrons. The van der Waals surface area contributed by atoms with Crippen molar-refractivity contribution >= 4 is 17.5 Å². The van der Waals surface area contributed by atoms with Crippen molar-refractivity contribution in [2.45, 2.75) is 19.3 Å². The molecule has 0 bridgehead atoms. The quantitative estimate of drug-likeness (QED) is 0.831. The minimum Gasteiger partial charge on any atom is -0.378 e. The molecule has 126 valence electrons. The Labute approximate surface area is 142 Å². The molecular formula is C19H23N3O2. The lowest BCUT2D eigenvalue weighted by atomic mass is 9.96. The molecule has 0 aliphatic rings. The monoisotopic (exact) mass is 325 g/mol. The van der Waals surface area contributed by atoms with Crippen LogP contribution in [0, 0.1) is 0 Å². The van der Waals surface area contributed by atoms with Crippen LogP contribution in [0.2, 0.25) is 0 Å². The van der Waals surface area contributed by atoms with Gasteiger partial charge in [0.2, 0.25) is 5.91 Å². The van der Waals surface area contributed by atoms with Crippen molar-refractivity contribution in [2.75, 3.05) is 19.0 Å². The number of benzene rings is 2. The fourth-order valence-electron chi connectivity index (χ4n) is 2.46. The summed E-state index contributed by atoms with van der Waals surface area (Å²) in [7, 11) is 3.81. The molecule has 0 saturated heterocycles. The van der Waals surface area contributed by atoms with Crippen LogP contribution in [0.5, 0.6) is 0 Å². The summed E-state index contributed by atoms with van der Waals surface area (Å²) in [6, 6.07) is 16.7. The molecule has 1 atom stereocenters. The topological polar surface area (TPSA) is 61.4 Å². The fourth-order valence-corrected chi connectivity index (χ4v) is 2.46. The van der Waals surface area contributed by atoms with E-state index in [1.54, 1.807) is 12.1 Å². The second-order valence-corrected chi connectivity index (χ2v) is 5.76. The molecule has 0 aromatic heterocycles. The molecule has 24 heavy (non-hydrogen) atoms. The summed E-state index contributed by atoms with van der Waals surface area (Å²) >= 11 is 0. The average molecular weight is 325 g/mol. The Balaban J connectivity index is 2.00. The van der Waals surface area contributed by atoms with Crippen molar-refractivity contribution in [1.82, 2.24) is 10.9 Å². The van der Waals surface area contributed by atoms with E-state index >= 15 is 0 Å². The Kier molecular flexibility index (Phi) is 5.95. The second kappa shape index (κ2) is 8.15. The first-order valence-electron chi connectivity index (χ1n) is 7.95. The maximum absolute atomic E-state index is 12.4. The summed E-state index contributed by atoms with van der Waals surface area (Å²) in [5.41, 5.74) is 7.37. The molecule has 2 aromatic carbocycles. The standard InChI is InChI=1S/C19H23N3O2/c1-4-17(14-9-6-5-7-10-14)19(24)21-20-18(23)15-11-8-12-16(13-15)22(2)3/h5-13,17H,4H2,1-3H3,(H,20,23)(H,21,24). The summed E-state index contributed by atoms with van der Waals surface area (Å²) in [4.78, 5) is 26.5. The largest absolute Gasteiger partial charge is 0.378 e. The highest BCUT2D eigenvalue weighted by atomic mass is 16.2. The zero-order valence-electron chi connectivity index (χ0n) is 14.2. The van der Waals surface area contributed by atoms with Crippen molar-refractivity contribution in [1.29, 1.82) is 0 Å². The number of amides is 2. The molecular weight excluding hydrogens is 302 g/mol. The van der Waals surface area contributed by atoms with Crippen LogP contribution in [0.1, 0.15) is 35.2 Å². The Bertz CT molecular complexity index is 699. The SMILES string of the molecule is CCC(C(=O)NNC(=O)c1cccc(N(C)C)c1)c1ccccc1. The van der Waals surface area contributed by atoms with Crippen LogP contribution < -0.4 is 15.8 Å². The van der Waals surface area contributed by atoms with E-state index in [1.165, 1.54) is 0 Å². The lowest BCUT2D eigenvalue weighted by Gasteiger charge is -2.16. The van der Waals surface area contributed by atoms with E-state index in [0.29, 0.717) is 12.0 Å². The summed E-state index contributed by atoms with van der Waals surface area (Å²) in [6.07, 6.45) is 0.655. The highest BCUT2D eigenvalue weighted by molar-refractivity contribution is 5.96. The number of hydrogen-bond donors (Lipinski definition) is 2. The number of carbonyl (C=O) groups excluding carboxylic acids is 2. The first-order valence-corrected chi connectivity index (χ1v) is 7.95. The van der Waals surface area contributed by atoms with Crippen LogP contribution in [0.25, 0.3) is 0 Å². The van der Waals surface area contributed by atoms with Gasteiger partial charge in [-0.05, 0) is 30.2 Å². The van der Waals surface area contributed by atoms with Crippen molar-refractivity contribution in [2.24, 2.45) is 0 Å². The van der Waals surface area contributed by atoms with Gasteiger partial charge in [0.15, 0.2) is 0 Å². The van der Waals surface area contributed by atoms with Crippen molar-refractivity contribution in [3.05, 3.63) is 65.7 Å². The molecule has 1 unspecified atom stereocenters. The molecule has 5 heteroatoms. The number of rotatable bonds is 5. The lowest BCUT2D eigenvalue weighted by molar-refractivity contribution is -0.123. The second-order valence-electron chi connectivity index (χ2n) is 5.76. The number of nitrogens with zero attached hydrogens (tertiary/aromatic N) is 1. The van der Waals surface area contributed by atoms with E-state index in [9.17, 15) is 9.59 Å². The third-order valence-corrected chi connectivity index (χ3v) is 3.85. The van der Waals surface area contributed by atoms with Crippen LogP contribution in [0.15, 0.2) is 54.6 Å². The molecule has 2 aromatic rings. The molecule has 2 N–H and O–H groups in total. The Morgan fingerprint density at radius 1 is 1.00 bits per heavy atom. The predicted octanol–water partition coefficient (Wildman–Crippen LogP) is 2.71. The van der Waals surface area contributed by atoms with Gasteiger partial charge in [-0.3, -0.25) is 20.4 Å². The molecule has 0 fully saturated rings. The summed E-state index contributed by atoms with van der Waals surface area (Å²) in [5.74, 6) is -0.851. The van der Waals surface area contributed by atoms with Crippen molar-refractivity contribution in [3.63, 3.8) is 0 Å². The number of hydrogen-bond acceptors (Lipinski definition) is 3. The van der Waals surface area contributed by atoms with Crippen LogP contribution in [0.4, 0.5) is 5.69 Å². The molecule has 0 spiro atoms. The highest BCUT2D eigenvalue weighted by Crippen LogP contribution is 2.19. The van der Waals surface area contributed by atoms with Gasteiger partial charge in [0.25, 0.3) is 5.91 Å². The summed E-state index contributed by atoms with van der Waals surface area (Å²) < 4.78 is 0. The molecule has 2 amide bonds. The summed E-state index contributed by atoms with van der Waals surface area (Å²) in [6.45, 7) is 1.94. The molecule has 0 saturated carbocycles. The van der Waals surface area contributed by atoms with Crippen molar-refractivity contribution in [3.8, 4) is 0 Å². The number of nitrogens with one attached hydrogen (secondary N) is 2. The molecule has 0 aliphatic carbocycles. The van der Waals surface area contributed by atoms with E-state index < -0.39 is 0 Å². The van der Waals surface area contributed by atoms with Gasteiger partial charge < -0.3 is 4.90 Å². The van der Waals surface area contributed by atoms with Gasteiger partial charge in [-0.1, -0.05) is 43.3 Å². The van der Waals surface area contributed by atoms with E-state index in [-0.39, 0.29) is 17.7 Å². The number of anilines is 1. The van der Waals surface area contributed by atoms with Gasteiger partial charge in [0.1, 0.15) is 0 Å². The first-order chi connectivity index (χ1) is 11.5. The average Bonchev–Trinajstić information content (AvgIpc) is 2.61. The van der Waals surface area contributed by atoms with Crippen LogP contribution in [0.3, 0.4) is 0 Å². The van der Waals surface area contributed by atoms with Crippen molar-refractivity contribution < 1.29 is 9.59 Å². The molecule has 0 aliphatic heterocycles. The maximum Gasteiger partial charge on any atom is 0.269 e. The van der Waals surface area contributed by atoms with E-state index in [0.717, 1.165) is 11.3 Å². The molecule has 2 rings (SSSR count). The van der Waals surface area contributed by atoms with Gasteiger partial charge in [-0.25, -0.2) is 0 Å². The zero-order valence-corrected chi connectivity index (χ0v) is 14.2.